The van der Waals surface area contributed by atoms with Gasteiger partial charge in [-0.3, -0.25) is 0 Å². The number of hydrogen-bond acceptors (Lipinski definition) is 3. The highest BCUT2D eigenvalue weighted by atomic mass is 35.5. The lowest BCUT2D eigenvalue weighted by molar-refractivity contribution is 0.318. The Morgan fingerprint density at radius 3 is 2.35 bits per heavy atom. The van der Waals surface area contributed by atoms with Crippen LogP contribution in [0.25, 0.3) is 0 Å². The maximum absolute atomic E-state index is 6.03. The van der Waals surface area contributed by atoms with Crippen molar-refractivity contribution in [1.29, 1.82) is 0 Å². The Hall–Kier alpha value is -1.58. The van der Waals surface area contributed by atoms with E-state index in [0.29, 0.717) is 39.6 Å². The van der Waals surface area contributed by atoms with Crippen LogP contribution in [-0.4, -0.2) is 6.61 Å². The molecule has 106 valence electrons. The van der Waals surface area contributed by atoms with Crippen LogP contribution >= 0.6 is 23.2 Å². The predicted molar refractivity (Wildman–Crippen MR) is 83.2 cm³/mol. The van der Waals surface area contributed by atoms with Gasteiger partial charge in [-0.05, 0) is 36.8 Å². The van der Waals surface area contributed by atoms with Crippen LogP contribution in [0.3, 0.4) is 0 Å². The number of ether oxygens (including phenoxy) is 2. The first kappa shape index (κ1) is 14.8. The lowest BCUT2D eigenvalue weighted by Crippen LogP contribution is -2.00. The van der Waals surface area contributed by atoms with E-state index in [1.165, 1.54) is 0 Å². The number of nitrogen functional groups attached to an aromatic ring is 1. The number of para-hydroxylation sites is 1. The zero-order valence-electron chi connectivity index (χ0n) is 11.0. The molecule has 0 fully saturated rings. The van der Waals surface area contributed by atoms with Crippen molar-refractivity contribution in [1.82, 2.24) is 0 Å². The van der Waals surface area contributed by atoms with Gasteiger partial charge >= 0.3 is 0 Å². The van der Waals surface area contributed by atoms with Gasteiger partial charge in [-0.2, -0.15) is 0 Å². The summed E-state index contributed by atoms with van der Waals surface area (Å²) in [6, 6.07) is 10.4. The van der Waals surface area contributed by atoms with Crippen LogP contribution in [0.4, 0.5) is 5.69 Å². The molecule has 0 aliphatic carbocycles. The van der Waals surface area contributed by atoms with Gasteiger partial charge in [-0.1, -0.05) is 36.2 Å². The average molecular weight is 312 g/mol. The van der Waals surface area contributed by atoms with Crippen molar-refractivity contribution in [2.24, 2.45) is 0 Å². The third-order valence-electron chi connectivity index (χ3n) is 2.55. The van der Waals surface area contributed by atoms with Gasteiger partial charge in [0.1, 0.15) is 17.2 Å². The zero-order valence-corrected chi connectivity index (χ0v) is 12.5. The summed E-state index contributed by atoms with van der Waals surface area (Å²) < 4.78 is 11.3. The standard InChI is InChI=1S/C15H15Cl2NO2/c1-2-6-19-13-4-3-5-14(15(13)18)20-12-8-10(16)7-11(17)9-12/h3-5,7-9H,2,6,18H2,1H3. The van der Waals surface area contributed by atoms with E-state index in [0.717, 1.165) is 6.42 Å². The van der Waals surface area contributed by atoms with Gasteiger partial charge in [0.25, 0.3) is 0 Å². The fourth-order valence-electron chi connectivity index (χ4n) is 1.67. The highest BCUT2D eigenvalue weighted by Crippen LogP contribution is 2.36. The van der Waals surface area contributed by atoms with E-state index in [1.807, 2.05) is 19.1 Å². The number of halogens is 2. The number of rotatable bonds is 5. The minimum atomic E-state index is 0.456. The van der Waals surface area contributed by atoms with Crippen LogP contribution in [-0.2, 0) is 0 Å². The van der Waals surface area contributed by atoms with Crippen LogP contribution in [0.5, 0.6) is 17.2 Å². The van der Waals surface area contributed by atoms with E-state index in [4.69, 9.17) is 38.4 Å². The molecule has 20 heavy (non-hydrogen) atoms. The molecule has 0 radical (unpaired) electrons. The van der Waals surface area contributed by atoms with Crippen LogP contribution in [0, 0.1) is 0 Å². The van der Waals surface area contributed by atoms with Crippen LogP contribution in [0.15, 0.2) is 36.4 Å². The molecule has 0 heterocycles. The van der Waals surface area contributed by atoms with Gasteiger partial charge in [-0.25, -0.2) is 0 Å². The topological polar surface area (TPSA) is 44.5 Å². The molecule has 3 nitrogen and oxygen atoms in total. The van der Waals surface area contributed by atoms with E-state index in [1.54, 1.807) is 24.3 Å². The summed E-state index contributed by atoms with van der Waals surface area (Å²) in [5.74, 6) is 1.65. The Morgan fingerprint density at radius 2 is 1.70 bits per heavy atom. The third-order valence-corrected chi connectivity index (χ3v) is 2.99. The van der Waals surface area contributed by atoms with Gasteiger partial charge in [0.2, 0.25) is 0 Å². The predicted octanol–water partition coefficient (Wildman–Crippen LogP) is 5.16. The minimum Gasteiger partial charge on any atom is -0.491 e. The van der Waals surface area contributed by atoms with Crippen molar-refractivity contribution < 1.29 is 9.47 Å². The first-order chi connectivity index (χ1) is 9.60. The number of anilines is 1. The molecule has 0 saturated heterocycles. The van der Waals surface area contributed by atoms with E-state index in [9.17, 15) is 0 Å². The molecule has 2 rings (SSSR count). The summed E-state index contributed by atoms with van der Waals surface area (Å²) in [6.45, 7) is 2.64. The van der Waals surface area contributed by atoms with Crippen molar-refractivity contribution in [2.75, 3.05) is 12.3 Å². The molecule has 2 aromatic carbocycles. The Bertz CT molecular complexity index is 582. The summed E-state index contributed by atoms with van der Waals surface area (Å²) in [5.41, 5.74) is 6.49. The van der Waals surface area contributed by atoms with Crippen LogP contribution < -0.4 is 15.2 Å². The van der Waals surface area contributed by atoms with Gasteiger partial charge in [0, 0.05) is 10.0 Å². The van der Waals surface area contributed by atoms with E-state index in [2.05, 4.69) is 0 Å². The first-order valence-corrected chi connectivity index (χ1v) is 7.01. The number of hydrogen-bond donors (Lipinski definition) is 1. The van der Waals surface area contributed by atoms with Crippen LogP contribution in [0.2, 0.25) is 10.0 Å². The Labute approximate surface area is 128 Å². The van der Waals surface area contributed by atoms with E-state index >= 15 is 0 Å². The molecule has 0 spiro atoms. The highest BCUT2D eigenvalue weighted by molar-refractivity contribution is 6.34. The molecule has 0 atom stereocenters. The normalized spacial score (nSPS) is 10.3. The Morgan fingerprint density at radius 1 is 1.05 bits per heavy atom. The van der Waals surface area contributed by atoms with E-state index in [-0.39, 0.29) is 0 Å². The van der Waals surface area contributed by atoms with Crippen molar-refractivity contribution >= 4 is 28.9 Å². The molecule has 2 N–H and O–H groups in total. The van der Waals surface area contributed by atoms with Crippen molar-refractivity contribution in [2.45, 2.75) is 13.3 Å². The lowest BCUT2D eigenvalue weighted by Gasteiger charge is -2.13. The second kappa shape index (κ2) is 6.73. The quantitative estimate of drug-likeness (QED) is 0.776. The molecule has 0 unspecified atom stereocenters. The SMILES string of the molecule is CCCOc1cccc(Oc2cc(Cl)cc(Cl)c2)c1N. The fourth-order valence-corrected chi connectivity index (χ4v) is 2.17. The average Bonchev–Trinajstić information content (AvgIpc) is 2.38. The number of nitrogens with two attached hydrogens (primary N) is 1. The summed E-state index contributed by atoms with van der Waals surface area (Å²) in [6.07, 6.45) is 0.911. The molecule has 0 amide bonds. The second-order valence-electron chi connectivity index (χ2n) is 4.22. The van der Waals surface area contributed by atoms with Crippen molar-refractivity contribution in [3.63, 3.8) is 0 Å². The zero-order chi connectivity index (χ0) is 14.5. The van der Waals surface area contributed by atoms with Gasteiger partial charge < -0.3 is 15.2 Å². The first-order valence-electron chi connectivity index (χ1n) is 6.25. The lowest BCUT2D eigenvalue weighted by atomic mass is 10.2. The molecular formula is C15H15Cl2NO2. The van der Waals surface area contributed by atoms with E-state index < -0.39 is 0 Å². The maximum atomic E-state index is 6.03. The van der Waals surface area contributed by atoms with Gasteiger partial charge in [-0.15, -0.1) is 0 Å². The third kappa shape index (κ3) is 3.71. The van der Waals surface area contributed by atoms with Crippen LogP contribution in [0.1, 0.15) is 13.3 Å². The Balaban J connectivity index is 2.24. The number of benzene rings is 2. The smallest absolute Gasteiger partial charge is 0.154 e. The molecular weight excluding hydrogens is 297 g/mol. The molecule has 0 bridgehead atoms. The minimum absolute atomic E-state index is 0.456. The highest BCUT2D eigenvalue weighted by Gasteiger charge is 2.09. The molecule has 0 aliphatic heterocycles. The second-order valence-corrected chi connectivity index (χ2v) is 5.10. The molecule has 5 heteroatoms. The van der Waals surface area contributed by atoms with Gasteiger partial charge in [0.05, 0.1) is 6.61 Å². The monoisotopic (exact) mass is 311 g/mol. The van der Waals surface area contributed by atoms with Crippen molar-refractivity contribution in [3.05, 3.63) is 46.4 Å². The molecule has 0 aromatic heterocycles. The molecule has 0 saturated carbocycles. The van der Waals surface area contributed by atoms with Gasteiger partial charge in [0.15, 0.2) is 5.75 Å². The van der Waals surface area contributed by atoms with Crippen molar-refractivity contribution in [3.8, 4) is 17.2 Å². The summed E-state index contributed by atoms with van der Waals surface area (Å²) >= 11 is 11.9. The summed E-state index contributed by atoms with van der Waals surface area (Å²) in [4.78, 5) is 0. The summed E-state index contributed by atoms with van der Waals surface area (Å²) in [5, 5.41) is 1.01. The largest absolute Gasteiger partial charge is 0.491 e. The Kier molecular flexibility index (Phi) is 4.99. The molecule has 2 aromatic rings. The maximum Gasteiger partial charge on any atom is 0.154 e. The summed E-state index contributed by atoms with van der Waals surface area (Å²) in [7, 11) is 0. The molecule has 0 aliphatic rings. The fraction of sp³-hybridized carbons (Fsp3) is 0.200.